The van der Waals surface area contributed by atoms with Crippen molar-refractivity contribution in [3.63, 3.8) is 0 Å². The Morgan fingerprint density at radius 1 is 1.60 bits per heavy atom. The molecule has 1 saturated heterocycles. The minimum Gasteiger partial charge on any atom is -0.396 e. The molecular weight excluding hydrogens is 196 g/mol. The third kappa shape index (κ3) is 2.77. The topological polar surface area (TPSA) is 54.3 Å². The highest BCUT2D eigenvalue weighted by molar-refractivity contribution is 5.23. The third-order valence-electron chi connectivity index (χ3n) is 2.45. The fraction of sp³-hybridized carbons (Fsp3) is 0.700. The largest absolute Gasteiger partial charge is 0.396 e. The van der Waals surface area contributed by atoms with Gasteiger partial charge in [0.1, 0.15) is 0 Å². The van der Waals surface area contributed by atoms with Gasteiger partial charge in [0.05, 0.1) is 25.5 Å². The molecule has 0 aromatic rings. The minimum absolute atomic E-state index is 0.0434. The van der Waals surface area contributed by atoms with Crippen molar-refractivity contribution in [3.05, 3.63) is 12.3 Å². The summed E-state index contributed by atoms with van der Waals surface area (Å²) in [5.41, 5.74) is 0.279. The number of hydrogen-bond acceptors (Lipinski definition) is 5. The second kappa shape index (κ2) is 4.74. The van der Waals surface area contributed by atoms with Crippen LogP contribution >= 0.6 is 0 Å². The smallest absolute Gasteiger partial charge is 0.200 e. The number of aliphatic hydroxyl groups excluding tert-OH is 1. The van der Waals surface area contributed by atoms with E-state index in [1.807, 2.05) is 6.92 Å². The van der Waals surface area contributed by atoms with Crippen molar-refractivity contribution in [2.45, 2.75) is 13.2 Å². The molecule has 1 heterocycles. The summed E-state index contributed by atoms with van der Waals surface area (Å²) in [7, 11) is 1.72. The van der Waals surface area contributed by atoms with Gasteiger partial charge in [0.15, 0.2) is 6.29 Å². The Kier molecular flexibility index (Phi) is 3.84. The Bertz CT molecular complexity index is 247. The third-order valence-corrected chi connectivity index (χ3v) is 2.45. The number of hydrazone groups is 1. The molecule has 0 bridgehead atoms. The van der Waals surface area contributed by atoms with Crippen molar-refractivity contribution < 1.29 is 14.6 Å². The van der Waals surface area contributed by atoms with Gasteiger partial charge in [0.2, 0.25) is 0 Å². The highest BCUT2D eigenvalue weighted by Crippen LogP contribution is 2.26. The highest BCUT2D eigenvalue weighted by atomic mass is 16.7. The van der Waals surface area contributed by atoms with E-state index < -0.39 is 6.29 Å². The zero-order chi connectivity index (χ0) is 11.5. The molecule has 1 aliphatic rings. The number of nitrogens with zero attached hydrogens (tertiary/aromatic N) is 2. The maximum atomic E-state index is 9.11. The lowest BCUT2D eigenvalue weighted by Gasteiger charge is -2.37. The van der Waals surface area contributed by atoms with Crippen molar-refractivity contribution in [3.8, 4) is 0 Å². The van der Waals surface area contributed by atoms with Gasteiger partial charge in [-0.25, -0.2) is 0 Å². The van der Waals surface area contributed by atoms with Crippen LogP contribution in [0, 0.1) is 5.41 Å². The predicted molar refractivity (Wildman–Crippen MR) is 57.3 cm³/mol. The van der Waals surface area contributed by atoms with Crippen molar-refractivity contribution >= 4 is 6.72 Å². The van der Waals surface area contributed by atoms with E-state index in [0.29, 0.717) is 18.9 Å². The molecule has 86 valence electrons. The van der Waals surface area contributed by atoms with Crippen LogP contribution in [0.1, 0.15) is 6.92 Å². The first-order valence-corrected chi connectivity index (χ1v) is 4.75. The number of likely N-dealkylation sites (N-methyl/N-ethyl adjacent to an activating group) is 1. The summed E-state index contributed by atoms with van der Waals surface area (Å²) in [4.78, 5) is 0. The summed E-state index contributed by atoms with van der Waals surface area (Å²) in [6, 6.07) is 0. The Morgan fingerprint density at radius 2 is 2.13 bits per heavy atom. The molecule has 0 unspecified atom stereocenters. The normalized spacial score (nSPS) is 31.0. The molecule has 5 nitrogen and oxygen atoms in total. The van der Waals surface area contributed by atoms with E-state index in [2.05, 4.69) is 18.4 Å². The van der Waals surface area contributed by atoms with Gasteiger partial charge >= 0.3 is 0 Å². The van der Waals surface area contributed by atoms with Gasteiger partial charge in [0, 0.05) is 19.2 Å². The van der Waals surface area contributed by atoms with Gasteiger partial charge in [-0.15, -0.1) is 0 Å². The van der Waals surface area contributed by atoms with E-state index in [-0.39, 0.29) is 12.0 Å². The highest BCUT2D eigenvalue weighted by Gasteiger charge is 2.33. The van der Waals surface area contributed by atoms with Crippen LogP contribution in [0.2, 0.25) is 0 Å². The molecule has 5 heteroatoms. The van der Waals surface area contributed by atoms with E-state index >= 15 is 0 Å². The lowest BCUT2D eigenvalue weighted by molar-refractivity contribution is -0.221. The first kappa shape index (κ1) is 12.2. The number of aliphatic hydroxyl groups is 1. The summed E-state index contributed by atoms with van der Waals surface area (Å²) >= 11 is 0. The zero-order valence-electron chi connectivity index (χ0n) is 9.27. The van der Waals surface area contributed by atoms with E-state index in [1.165, 1.54) is 5.01 Å². The molecular formula is C10H18N2O3. The standard InChI is InChI=1S/C10H18N2O3/c1-8(12(4)11-3)9-14-6-10(2,5-13)7-15-9/h9,13H,1,3,5-7H2,2,4H3/t9-,10+. The molecule has 1 fully saturated rings. The molecule has 0 amide bonds. The fourth-order valence-electron chi connectivity index (χ4n) is 1.17. The monoisotopic (exact) mass is 214 g/mol. The summed E-state index contributed by atoms with van der Waals surface area (Å²) in [6.45, 7) is 10.0. The molecule has 1 N–H and O–H groups in total. The van der Waals surface area contributed by atoms with Gasteiger partial charge in [0.25, 0.3) is 0 Å². The van der Waals surface area contributed by atoms with Crippen molar-refractivity contribution in [2.24, 2.45) is 10.5 Å². The van der Waals surface area contributed by atoms with E-state index in [9.17, 15) is 0 Å². The van der Waals surface area contributed by atoms with Crippen LogP contribution in [-0.4, -0.2) is 50.0 Å². The second-order valence-corrected chi connectivity index (χ2v) is 4.08. The first-order chi connectivity index (χ1) is 7.02. The van der Waals surface area contributed by atoms with Crippen LogP contribution in [-0.2, 0) is 9.47 Å². The first-order valence-electron chi connectivity index (χ1n) is 4.75. The van der Waals surface area contributed by atoms with Crippen molar-refractivity contribution in [1.29, 1.82) is 0 Å². The summed E-state index contributed by atoms with van der Waals surface area (Å²) < 4.78 is 10.9. The van der Waals surface area contributed by atoms with Crippen molar-refractivity contribution in [1.82, 2.24) is 5.01 Å². The summed E-state index contributed by atoms with van der Waals surface area (Å²) in [5, 5.41) is 14.3. The van der Waals surface area contributed by atoms with Crippen LogP contribution in [0.15, 0.2) is 17.4 Å². The molecule has 0 spiro atoms. The van der Waals surface area contributed by atoms with Gasteiger partial charge < -0.3 is 14.6 Å². The molecule has 0 atom stereocenters. The molecule has 15 heavy (non-hydrogen) atoms. The van der Waals surface area contributed by atoms with Gasteiger partial charge in [-0.05, 0) is 0 Å². The Hall–Kier alpha value is -0.910. The molecule has 1 aliphatic heterocycles. The Balaban J connectivity index is 2.50. The molecule has 0 aliphatic carbocycles. The quantitative estimate of drug-likeness (QED) is 0.544. The van der Waals surface area contributed by atoms with E-state index in [1.54, 1.807) is 7.05 Å². The Labute approximate surface area is 90.0 Å². The SMILES string of the molecule is C=NN(C)C(=C)[C@H]1OC[C@@](C)(CO)CO1. The molecule has 0 aromatic carbocycles. The fourth-order valence-corrected chi connectivity index (χ4v) is 1.17. The minimum atomic E-state index is -0.500. The zero-order valence-corrected chi connectivity index (χ0v) is 9.27. The molecule has 1 rings (SSSR count). The summed E-state index contributed by atoms with van der Waals surface area (Å²) in [5.74, 6) is 0. The average Bonchev–Trinajstić information content (AvgIpc) is 2.28. The maximum Gasteiger partial charge on any atom is 0.200 e. The van der Waals surface area contributed by atoms with Gasteiger partial charge in [-0.3, -0.25) is 5.01 Å². The van der Waals surface area contributed by atoms with Crippen LogP contribution < -0.4 is 0 Å². The lowest BCUT2D eigenvalue weighted by atomic mass is 9.93. The molecule has 0 radical (unpaired) electrons. The average molecular weight is 214 g/mol. The Morgan fingerprint density at radius 3 is 2.53 bits per heavy atom. The predicted octanol–water partition coefficient (Wildman–Crippen LogP) is 0.419. The second-order valence-electron chi connectivity index (χ2n) is 4.08. The van der Waals surface area contributed by atoms with Gasteiger partial charge in [-0.1, -0.05) is 13.5 Å². The van der Waals surface area contributed by atoms with Gasteiger partial charge in [-0.2, -0.15) is 5.10 Å². The maximum absolute atomic E-state index is 9.11. The van der Waals surface area contributed by atoms with Crippen LogP contribution in [0.4, 0.5) is 0 Å². The van der Waals surface area contributed by atoms with E-state index in [0.717, 1.165) is 0 Å². The van der Waals surface area contributed by atoms with Crippen LogP contribution in [0.3, 0.4) is 0 Å². The lowest BCUT2D eigenvalue weighted by Crippen LogP contribution is -2.44. The number of hydrogen-bond donors (Lipinski definition) is 1. The van der Waals surface area contributed by atoms with E-state index in [4.69, 9.17) is 14.6 Å². The molecule has 0 saturated carbocycles. The summed E-state index contributed by atoms with van der Waals surface area (Å²) in [6.07, 6.45) is -0.500. The van der Waals surface area contributed by atoms with Crippen LogP contribution in [0.5, 0.6) is 0 Å². The number of ether oxygens (including phenoxy) is 2. The van der Waals surface area contributed by atoms with Crippen LogP contribution in [0.25, 0.3) is 0 Å². The van der Waals surface area contributed by atoms with Crippen molar-refractivity contribution in [2.75, 3.05) is 26.9 Å². The number of rotatable bonds is 4. The molecule has 0 aromatic heterocycles.